The summed E-state index contributed by atoms with van der Waals surface area (Å²) >= 11 is 1.19. The van der Waals surface area contributed by atoms with Crippen molar-refractivity contribution < 1.29 is 24.1 Å². The number of carbonyl (C=O) groups excluding carboxylic acids is 1. The van der Waals surface area contributed by atoms with E-state index in [0.29, 0.717) is 37.7 Å². The minimum absolute atomic E-state index is 0.0350. The van der Waals surface area contributed by atoms with Crippen molar-refractivity contribution in [3.63, 3.8) is 0 Å². The normalized spacial score (nSPS) is 15.2. The van der Waals surface area contributed by atoms with Crippen molar-refractivity contribution in [1.82, 2.24) is 4.57 Å². The van der Waals surface area contributed by atoms with Gasteiger partial charge in [-0.2, -0.15) is 0 Å². The van der Waals surface area contributed by atoms with Gasteiger partial charge in [0.2, 0.25) is 0 Å². The van der Waals surface area contributed by atoms with E-state index in [4.69, 9.17) is 9.15 Å². The van der Waals surface area contributed by atoms with Crippen LogP contribution in [0.1, 0.15) is 36.8 Å². The Hall–Kier alpha value is -4.57. The van der Waals surface area contributed by atoms with Crippen LogP contribution in [-0.4, -0.2) is 27.3 Å². The van der Waals surface area contributed by atoms with Crippen molar-refractivity contribution in [2.24, 2.45) is 4.99 Å². The Morgan fingerprint density at radius 2 is 1.89 bits per heavy atom. The number of thiazole rings is 1. The molecule has 10 heteroatoms. The molecule has 0 bridgehead atoms. The van der Waals surface area contributed by atoms with Gasteiger partial charge in [-0.3, -0.25) is 9.36 Å². The van der Waals surface area contributed by atoms with E-state index in [2.05, 4.69) is 4.99 Å². The second-order valence-corrected chi connectivity index (χ2v) is 9.71. The van der Waals surface area contributed by atoms with Crippen molar-refractivity contribution in [3.05, 3.63) is 113 Å². The van der Waals surface area contributed by atoms with Gasteiger partial charge in [-0.05, 0) is 44.5 Å². The number of furan rings is 1. The molecule has 4 aromatic rings. The molecule has 38 heavy (non-hydrogen) atoms. The van der Waals surface area contributed by atoms with Gasteiger partial charge in [-0.1, -0.05) is 53.3 Å². The van der Waals surface area contributed by atoms with Crippen molar-refractivity contribution in [3.8, 4) is 11.3 Å². The molecule has 0 aliphatic carbocycles. The standard InChI is InChI=1S/C28H24N3O6S/c1-4-36-27(33)24-17(3)29-28-30(25(24)18-11-9-16(2)10-12-18)26(32)23(38-28)15-19-13-14-22(37-19)20-7-5-6-8-21(20)31(34)35/h5-15,25H,4H2,1-3H3,(H,34,35)/q+1/b23-15-. The number of aryl methyl sites for hydroxylation is 1. The number of ether oxygens (including phenoxy) is 1. The number of hydrogen-bond acceptors (Lipinski definition) is 7. The number of allylic oxidation sites excluding steroid dienone is 1. The van der Waals surface area contributed by atoms with Gasteiger partial charge in [-0.25, -0.2) is 15.0 Å². The zero-order valence-corrected chi connectivity index (χ0v) is 21.7. The van der Waals surface area contributed by atoms with E-state index in [-0.39, 0.29) is 22.8 Å². The van der Waals surface area contributed by atoms with Gasteiger partial charge >= 0.3 is 11.7 Å². The average Bonchev–Trinajstić information content (AvgIpc) is 3.48. The molecule has 1 unspecified atom stereocenters. The first-order valence-corrected chi connectivity index (χ1v) is 12.7. The molecule has 0 radical (unpaired) electrons. The minimum Gasteiger partial charge on any atom is -0.463 e. The highest BCUT2D eigenvalue weighted by Gasteiger charge is 2.33. The third kappa shape index (κ3) is 4.50. The predicted molar refractivity (Wildman–Crippen MR) is 141 cm³/mol. The van der Waals surface area contributed by atoms with Crippen LogP contribution in [0.4, 0.5) is 5.69 Å². The number of carbonyl (C=O) groups is 1. The lowest BCUT2D eigenvalue weighted by Crippen LogP contribution is -2.39. The van der Waals surface area contributed by atoms with Crippen LogP contribution in [-0.2, 0) is 9.53 Å². The summed E-state index contributed by atoms with van der Waals surface area (Å²) in [6.45, 7) is 5.63. The Morgan fingerprint density at radius 1 is 1.16 bits per heavy atom. The maximum atomic E-state index is 13.7. The van der Waals surface area contributed by atoms with Crippen LogP contribution in [0.5, 0.6) is 0 Å². The number of fused-ring (bicyclic) bond motifs is 1. The first-order valence-electron chi connectivity index (χ1n) is 11.9. The Labute approximate surface area is 220 Å². The number of rotatable bonds is 6. The Bertz CT molecular complexity index is 1780. The van der Waals surface area contributed by atoms with Crippen LogP contribution in [0.3, 0.4) is 0 Å². The molecule has 2 aromatic heterocycles. The van der Waals surface area contributed by atoms with E-state index in [1.54, 1.807) is 50.3 Å². The summed E-state index contributed by atoms with van der Waals surface area (Å²) in [6.07, 6.45) is 1.60. The Kier molecular flexibility index (Phi) is 6.64. The van der Waals surface area contributed by atoms with Crippen LogP contribution >= 0.6 is 11.3 Å². The van der Waals surface area contributed by atoms with Gasteiger partial charge in [0, 0.05) is 12.1 Å². The molecule has 1 N–H and O–H groups in total. The average molecular weight is 531 g/mol. The molecular weight excluding hydrogens is 506 g/mol. The second-order valence-electron chi connectivity index (χ2n) is 8.71. The van der Waals surface area contributed by atoms with Crippen LogP contribution < -0.4 is 14.9 Å². The van der Waals surface area contributed by atoms with Crippen molar-refractivity contribution in [2.75, 3.05) is 6.61 Å². The van der Waals surface area contributed by atoms with Crippen LogP contribution in [0.2, 0.25) is 0 Å². The maximum Gasteiger partial charge on any atom is 0.338 e. The van der Waals surface area contributed by atoms with Gasteiger partial charge in [0.15, 0.2) is 4.80 Å². The summed E-state index contributed by atoms with van der Waals surface area (Å²) in [5.41, 5.74) is 2.74. The second kappa shape index (κ2) is 10.1. The molecule has 192 valence electrons. The van der Waals surface area contributed by atoms with Gasteiger partial charge in [0.1, 0.15) is 11.5 Å². The number of esters is 1. The lowest BCUT2D eigenvalue weighted by Gasteiger charge is -2.24. The fourth-order valence-electron chi connectivity index (χ4n) is 4.41. The van der Waals surface area contributed by atoms with Crippen molar-refractivity contribution in [2.45, 2.75) is 26.8 Å². The minimum atomic E-state index is -0.695. The zero-order valence-electron chi connectivity index (χ0n) is 20.9. The Morgan fingerprint density at radius 3 is 2.61 bits per heavy atom. The first-order chi connectivity index (χ1) is 18.3. The van der Waals surface area contributed by atoms with Crippen LogP contribution in [0.15, 0.2) is 86.1 Å². The monoisotopic (exact) mass is 530 g/mol. The number of aromatic nitrogens is 1. The van der Waals surface area contributed by atoms with E-state index in [1.807, 2.05) is 31.2 Å². The van der Waals surface area contributed by atoms with Crippen LogP contribution in [0.25, 0.3) is 17.4 Å². The van der Waals surface area contributed by atoms with Gasteiger partial charge in [0.05, 0.1) is 38.9 Å². The molecule has 1 aliphatic rings. The smallest absolute Gasteiger partial charge is 0.338 e. The van der Waals surface area contributed by atoms with E-state index in [0.717, 1.165) is 11.1 Å². The number of benzene rings is 2. The van der Waals surface area contributed by atoms with Crippen LogP contribution in [0, 0.1) is 11.8 Å². The summed E-state index contributed by atoms with van der Waals surface area (Å²) in [5, 5.41) is 9.43. The third-order valence-electron chi connectivity index (χ3n) is 6.19. The molecular formula is C28H24N3O6S+. The largest absolute Gasteiger partial charge is 0.463 e. The molecule has 0 amide bonds. The molecule has 0 saturated heterocycles. The summed E-state index contributed by atoms with van der Waals surface area (Å²) in [5.74, 6) is 0.218. The van der Waals surface area contributed by atoms with Gasteiger partial charge in [0.25, 0.3) is 10.5 Å². The summed E-state index contributed by atoms with van der Waals surface area (Å²) < 4.78 is 13.1. The highest BCUT2D eigenvalue weighted by Crippen LogP contribution is 2.32. The molecule has 0 fully saturated rings. The summed E-state index contributed by atoms with van der Waals surface area (Å²) in [6, 6.07) is 16.7. The molecule has 2 aromatic carbocycles. The topological polar surface area (TPSA) is 114 Å². The number of para-hydroxylation sites is 1. The molecule has 1 aliphatic heterocycles. The Balaban J connectivity index is 1.64. The summed E-state index contributed by atoms with van der Waals surface area (Å²) in [4.78, 5) is 43.0. The molecule has 3 heterocycles. The van der Waals surface area contributed by atoms with E-state index >= 15 is 0 Å². The molecule has 0 saturated carbocycles. The summed E-state index contributed by atoms with van der Waals surface area (Å²) in [7, 11) is 0. The highest BCUT2D eigenvalue weighted by molar-refractivity contribution is 7.07. The van der Waals surface area contributed by atoms with E-state index < -0.39 is 12.0 Å². The molecule has 0 spiro atoms. The fourth-order valence-corrected chi connectivity index (χ4v) is 5.44. The van der Waals surface area contributed by atoms with E-state index in [9.17, 15) is 19.7 Å². The lowest BCUT2D eigenvalue weighted by atomic mass is 9.95. The predicted octanol–water partition coefficient (Wildman–Crippen LogP) is 4.17. The fraction of sp³-hybridized carbons (Fsp3) is 0.179. The zero-order chi connectivity index (χ0) is 27.0. The van der Waals surface area contributed by atoms with Crippen molar-refractivity contribution in [1.29, 1.82) is 0 Å². The van der Waals surface area contributed by atoms with Gasteiger partial charge in [-0.15, -0.1) is 0 Å². The number of hydrogen-bond donors (Lipinski definition) is 1. The maximum absolute atomic E-state index is 13.7. The first kappa shape index (κ1) is 25.1. The van der Waals surface area contributed by atoms with E-state index in [1.165, 1.54) is 22.0 Å². The third-order valence-corrected chi connectivity index (χ3v) is 7.17. The lowest BCUT2D eigenvalue weighted by molar-refractivity contribution is -0.729. The quantitative estimate of drug-likeness (QED) is 0.296. The SMILES string of the molecule is CCOC(=O)C1=C(C)N=c2s/c(=C\c3ccc(-c4ccccc4[N+](=O)O)o3)c(=O)n2C1c1ccc(C)cc1. The molecule has 5 rings (SSSR count). The molecule has 9 nitrogen and oxygen atoms in total. The molecule has 1 atom stereocenters. The number of nitrogens with zero attached hydrogens (tertiary/aromatic N) is 3. The highest BCUT2D eigenvalue weighted by atomic mass is 32.1. The van der Waals surface area contributed by atoms with Crippen molar-refractivity contribution >= 4 is 29.1 Å². The van der Waals surface area contributed by atoms with Gasteiger partial charge < -0.3 is 9.15 Å².